The van der Waals surface area contributed by atoms with Crippen LogP contribution < -0.4 is 4.90 Å². The summed E-state index contributed by atoms with van der Waals surface area (Å²) < 4.78 is 0. The van der Waals surface area contributed by atoms with Crippen LogP contribution in [0.15, 0.2) is 84.9 Å². The van der Waals surface area contributed by atoms with Crippen LogP contribution in [0, 0.1) is 20.8 Å². The first kappa shape index (κ1) is 30.2. The molecule has 0 saturated heterocycles. The molecule has 4 aliphatic rings. The van der Waals surface area contributed by atoms with Gasteiger partial charge in [-0.3, -0.25) is 0 Å². The lowest BCUT2D eigenvalue weighted by Crippen LogP contribution is -2.28. The number of hydrogen-bond donors (Lipinski definition) is 0. The highest BCUT2D eigenvalue weighted by atomic mass is 15.1. The predicted molar refractivity (Wildman–Crippen MR) is 212 cm³/mol. The van der Waals surface area contributed by atoms with Gasteiger partial charge in [0, 0.05) is 38.7 Å². The molecule has 4 aliphatic carbocycles. The van der Waals surface area contributed by atoms with Gasteiger partial charge >= 0.3 is 0 Å². The number of anilines is 3. The Bertz CT molecular complexity index is 2520. The molecule has 0 atom stereocenters. The molecule has 0 saturated carbocycles. The summed E-state index contributed by atoms with van der Waals surface area (Å²) in [5.74, 6) is 0. The first-order valence-corrected chi connectivity index (χ1v) is 18.5. The SMILES string of the molecule is Cc1cc2c3c(c1)C(C)(C)c1ccc4c5c6c(c(c-3c15)C2(C)C)C(C)(C)c1cc(N(c2ccccc2C)c2ccccc2C)cc(c1-6)C4(C)C. The van der Waals surface area contributed by atoms with Crippen LogP contribution in [0.1, 0.15) is 117 Å². The second kappa shape index (κ2) is 8.99. The van der Waals surface area contributed by atoms with E-state index in [2.05, 4.69) is 166 Å². The van der Waals surface area contributed by atoms with Crippen molar-refractivity contribution in [3.8, 4) is 22.3 Å². The van der Waals surface area contributed by atoms with E-state index in [-0.39, 0.29) is 21.7 Å². The Morgan fingerprint density at radius 3 is 1.22 bits per heavy atom. The molecule has 1 heteroatoms. The molecule has 0 heterocycles. The zero-order valence-corrected chi connectivity index (χ0v) is 31.5. The fourth-order valence-electron chi connectivity index (χ4n) is 11.1. The Morgan fingerprint density at radius 1 is 0.400 bits per heavy atom. The lowest BCUT2D eigenvalue weighted by Gasteiger charge is -2.41. The van der Waals surface area contributed by atoms with Gasteiger partial charge in [0.05, 0.1) is 0 Å². The summed E-state index contributed by atoms with van der Waals surface area (Å²) in [6.07, 6.45) is 0. The fraction of sp³-hybridized carbons (Fsp3) is 0.306. The van der Waals surface area contributed by atoms with Crippen LogP contribution in [0.4, 0.5) is 17.1 Å². The minimum atomic E-state index is -0.187. The number of rotatable bonds is 3. The van der Waals surface area contributed by atoms with Gasteiger partial charge in [-0.15, -0.1) is 0 Å². The van der Waals surface area contributed by atoms with Crippen molar-refractivity contribution >= 4 is 27.8 Å². The van der Waals surface area contributed by atoms with Gasteiger partial charge < -0.3 is 4.90 Å². The van der Waals surface area contributed by atoms with Crippen molar-refractivity contribution in [1.82, 2.24) is 0 Å². The second-order valence-corrected chi connectivity index (χ2v) is 18.0. The lowest BCUT2D eigenvalue weighted by atomic mass is 9.62. The molecule has 0 radical (unpaired) electrons. The van der Waals surface area contributed by atoms with E-state index in [0.717, 1.165) is 0 Å². The molecule has 0 aliphatic heterocycles. The quantitative estimate of drug-likeness (QED) is 0.184. The Balaban J connectivity index is 1.38. The van der Waals surface area contributed by atoms with Crippen molar-refractivity contribution in [3.63, 3.8) is 0 Å². The minimum absolute atomic E-state index is 0.0830. The molecule has 0 fully saturated rings. The van der Waals surface area contributed by atoms with Gasteiger partial charge in [0.25, 0.3) is 0 Å². The molecule has 0 bridgehead atoms. The monoisotopic (exact) mass is 649 g/mol. The molecule has 50 heavy (non-hydrogen) atoms. The highest BCUT2D eigenvalue weighted by Crippen LogP contribution is 2.69. The van der Waals surface area contributed by atoms with Gasteiger partial charge in [0.2, 0.25) is 0 Å². The predicted octanol–water partition coefficient (Wildman–Crippen LogP) is 13.1. The maximum atomic E-state index is 2.56. The summed E-state index contributed by atoms with van der Waals surface area (Å²) in [7, 11) is 0. The maximum absolute atomic E-state index is 2.56. The summed E-state index contributed by atoms with van der Waals surface area (Å²) in [5, 5.41) is 3.04. The molecule has 0 amide bonds. The van der Waals surface area contributed by atoms with E-state index < -0.39 is 0 Å². The average Bonchev–Trinajstić information content (AvgIpc) is 3.44. The van der Waals surface area contributed by atoms with E-state index in [9.17, 15) is 0 Å². The number of nitrogens with zero attached hydrogens (tertiary/aromatic N) is 1. The molecule has 0 unspecified atom stereocenters. The van der Waals surface area contributed by atoms with Crippen molar-refractivity contribution in [2.24, 2.45) is 0 Å². The standard InChI is InChI=1S/C49H47N/c1-26-22-32-38-33(23-26)48(8,9)44-42(38)40-30(46(32,4)5)20-21-31-41(40)43-39-34(47(31,6)7)24-29(25-35(39)49(10,11)45(43)44)50(36-18-14-12-16-27(36)2)37-19-15-13-17-28(37)3/h12-25H,1-11H3. The van der Waals surface area contributed by atoms with Crippen LogP contribution in [0.5, 0.6) is 0 Å². The molecule has 0 N–H and O–H groups in total. The summed E-state index contributed by atoms with van der Waals surface area (Å²) in [6.45, 7) is 26.7. The third kappa shape index (κ3) is 3.27. The first-order chi connectivity index (χ1) is 23.6. The Labute approximate surface area is 298 Å². The summed E-state index contributed by atoms with van der Waals surface area (Å²) in [4.78, 5) is 2.53. The van der Waals surface area contributed by atoms with Gasteiger partial charge in [-0.2, -0.15) is 0 Å². The van der Waals surface area contributed by atoms with Crippen LogP contribution in [0.3, 0.4) is 0 Å². The van der Waals surface area contributed by atoms with Gasteiger partial charge in [-0.25, -0.2) is 0 Å². The van der Waals surface area contributed by atoms with E-state index in [0.29, 0.717) is 0 Å². The number of fused-ring (bicyclic) bond motifs is 1. The lowest BCUT2D eigenvalue weighted by molar-refractivity contribution is 0.600. The van der Waals surface area contributed by atoms with Gasteiger partial charge in [-0.1, -0.05) is 122 Å². The van der Waals surface area contributed by atoms with E-state index in [1.54, 1.807) is 11.1 Å². The van der Waals surface area contributed by atoms with E-state index >= 15 is 0 Å². The van der Waals surface area contributed by atoms with Crippen molar-refractivity contribution in [2.75, 3.05) is 4.90 Å². The zero-order valence-electron chi connectivity index (χ0n) is 31.5. The largest absolute Gasteiger partial charge is 0.310 e. The second-order valence-electron chi connectivity index (χ2n) is 18.0. The Kier molecular flexibility index (Phi) is 5.43. The normalized spacial score (nSPS) is 18.1. The molecular weight excluding hydrogens is 603 g/mol. The van der Waals surface area contributed by atoms with Crippen LogP contribution in [0.25, 0.3) is 33.0 Å². The van der Waals surface area contributed by atoms with Crippen molar-refractivity contribution in [3.05, 3.63) is 146 Å². The van der Waals surface area contributed by atoms with Gasteiger partial charge in [0.15, 0.2) is 0 Å². The summed E-state index contributed by atoms with van der Waals surface area (Å²) in [6, 6.07) is 32.9. The van der Waals surface area contributed by atoms with Crippen LogP contribution >= 0.6 is 0 Å². The topological polar surface area (TPSA) is 3.24 Å². The number of benzene rings is 6. The molecule has 1 nitrogen and oxygen atoms in total. The van der Waals surface area contributed by atoms with Crippen molar-refractivity contribution in [1.29, 1.82) is 0 Å². The first-order valence-electron chi connectivity index (χ1n) is 18.5. The minimum Gasteiger partial charge on any atom is -0.310 e. The zero-order chi connectivity index (χ0) is 35.0. The molecule has 10 rings (SSSR count). The third-order valence-corrected chi connectivity index (χ3v) is 13.6. The maximum Gasteiger partial charge on any atom is 0.0490 e. The van der Waals surface area contributed by atoms with E-state index in [1.165, 1.54) is 100 Å². The van der Waals surface area contributed by atoms with E-state index in [4.69, 9.17) is 0 Å². The third-order valence-electron chi connectivity index (χ3n) is 13.6. The average molecular weight is 650 g/mol. The molecule has 0 spiro atoms. The summed E-state index contributed by atoms with van der Waals surface area (Å²) in [5.41, 5.74) is 25.2. The van der Waals surface area contributed by atoms with Crippen molar-refractivity contribution in [2.45, 2.75) is 97.8 Å². The number of hydrogen-bond acceptors (Lipinski definition) is 1. The Hall–Kier alpha value is -4.62. The van der Waals surface area contributed by atoms with Crippen LogP contribution in [-0.2, 0) is 21.7 Å². The molecule has 248 valence electrons. The fourth-order valence-corrected chi connectivity index (χ4v) is 11.1. The number of aryl methyl sites for hydroxylation is 3. The van der Waals surface area contributed by atoms with E-state index in [1.807, 2.05) is 0 Å². The molecule has 6 aromatic rings. The summed E-state index contributed by atoms with van der Waals surface area (Å²) >= 11 is 0. The van der Waals surface area contributed by atoms with Gasteiger partial charge in [-0.05, 0) is 134 Å². The van der Waals surface area contributed by atoms with Crippen LogP contribution in [0.2, 0.25) is 0 Å². The Morgan fingerprint density at radius 2 is 0.780 bits per heavy atom. The number of para-hydroxylation sites is 2. The highest BCUT2D eigenvalue weighted by Gasteiger charge is 2.54. The highest BCUT2D eigenvalue weighted by molar-refractivity contribution is 6.19. The van der Waals surface area contributed by atoms with Crippen LogP contribution in [-0.4, -0.2) is 0 Å². The van der Waals surface area contributed by atoms with Gasteiger partial charge in [0.1, 0.15) is 0 Å². The van der Waals surface area contributed by atoms with Crippen molar-refractivity contribution < 1.29 is 0 Å². The smallest absolute Gasteiger partial charge is 0.0490 e. The molecular formula is C49H47N. The molecule has 0 aromatic heterocycles. The molecule has 6 aromatic carbocycles.